The molecule has 1 rings (SSSR count). The fourth-order valence-corrected chi connectivity index (χ4v) is 2.09. The summed E-state index contributed by atoms with van der Waals surface area (Å²) in [6.45, 7) is 0.0822. The molecule has 1 aromatic rings. The topological polar surface area (TPSA) is 89.3 Å². The molecule has 0 bridgehead atoms. The van der Waals surface area contributed by atoms with Crippen LogP contribution in [0.1, 0.15) is 10.4 Å². The van der Waals surface area contributed by atoms with Gasteiger partial charge >= 0.3 is 0 Å². The third kappa shape index (κ3) is 4.35. The lowest BCUT2D eigenvalue weighted by molar-refractivity contribution is 0.0955. The number of anilines is 1. The third-order valence-electron chi connectivity index (χ3n) is 2.03. The van der Waals surface area contributed by atoms with Crippen LogP contribution < -0.4 is 11.1 Å². The van der Waals surface area contributed by atoms with Gasteiger partial charge in [0.1, 0.15) is 9.84 Å². The maximum absolute atomic E-state index is 11.7. The highest BCUT2D eigenvalue weighted by Crippen LogP contribution is 2.23. The van der Waals surface area contributed by atoms with E-state index in [1.54, 1.807) is 18.2 Å². The number of carbonyl (C=O) groups is 1. The molecule has 0 fully saturated rings. The van der Waals surface area contributed by atoms with Crippen molar-refractivity contribution in [2.45, 2.75) is 0 Å². The highest BCUT2D eigenvalue weighted by atomic mass is 79.9. The third-order valence-corrected chi connectivity index (χ3v) is 3.86. The molecule has 5 nitrogen and oxygen atoms in total. The summed E-state index contributed by atoms with van der Waals surface area (Å²) in [5, 5.41) is 2.52. The van der Waals surface area contributed by atoms with Crippen LogP contribution in [0.3, 0.4) is 0 Å². The van der Waals surface area contributed by atoms with Crippen LogP contribution in [0.5, 0.6) is 0 Å². The number of sulfone groups is 1. The van der Waals surface area contributed by atoms with E-state index in [1.807, 2.05) is 0 Å². The van der Waals surface area contributed by atoms with E-state index < -0.39 is 9.84 Å². The van der Waals surface area contributed by atoms with Gasteiger partial charge in [0.15, 0.2) is 0 Å². The van der Waals surface area contributed by atoms with Gasteiger partial charge in [-0.15, -0.1) is 0 Å². The van der Waals surface area contributed by atoms with Crippen molar-refractivity contribution >= 4 is 37.4 Å². The second kappa shape index (κ2) is 5.50. The minimum Gasteiger partial charge on any atom is -0.398 e. The zero-order valence-corrected chi connectivity index (χ0v) is 11.6. The summed E-state index contributed by atoms with van der Waals surface area (Å²) in [5.41, 5.74) is 6.48. The molecule has 1 amide bonds. The fourth-order valence-electron chi connectivity index (χ4n) is 1.17. The molecule has 0 heterocycles. The van der Waals surface area contributed by atoms with Crippen molar-refractivity contribution < 1.29 is 13.2 Å². The number of nitrogens with two attached hydrogens (primary N) is 1. The van der Waals surface area contributed by atoms with Crippen LogP contribution in [0.15, 0.2) is 22.7 Å². The number of halogens is 1. The molecule has 0 saturated carbocycles. The SMILES string of the molecule is CS(=O)(=O)CCNC(=O)c1cccc(N)c1Br. The van der Waals surface area contributed by atoms with E-state index in [-0.39, 0.29) is 18.2 Å². The Hall–Kier alpha value is -1.08. The first kappa shape index (κ1) is 14.0. The van der Waals surface area contributed by atoms with Gasteiger partial charge in [0, 0.05) is 18.5 Å². The highest BCUT2D eigenvalue weighted by Gasteiger charge is 2.12. The van der Waals surface area contributed by atoms with E-state index in [0.29, 0.717) is 15.7 Å². The zero-order chi connectivity index (χ0) is 13.1. The van der Waals surface area contributed by atoms with Crippen LogP contribution >= 0.6 is 15.9 Å². The predicted molar refractivity (Wildman–Crippen MR) is 70.6 cm³/mol. The first-order valence-corrected chi connectivity index (χ1v) is 7.66. The Kier molecular flexibility index (Phi) is 4.53. The lowest BCUT2D eigenvalue weighted by Gasteiger charge is -2.07. The molecule has 94 valence electrons. The van der Waals surface area contributed by atoms with Gasteiger partial charge in [0.25, 0.3) is 5.91 Å². The maximum Gasteiger partial charge on any atom is 0.252 e. The van der Waals surface area contributed by atoms with Crippen molar-refractivity contribution in [3.63, 3.8) is 0 Å². The number of carbonyl (C=O) groups excluding carboxylic acids is 1. The lowest BCUT2D eigenvalue weighted by Crippen LogP contribution is -2.29. The molecule has 0 saturated heterocycles. The van der Waals surface area contributed by atoms with Gasteiger partial charge in [0.05, 0.1) is 15.8 Å². The normalized spacial score (nSPS) is 11.2. The molecule has 1 aromatic carbocycles. The van der Waals surface area contributed by atoms with E-state index in [1.165, 1.54) is 0 Å². The van der Waals surface area contributed by atoms with E-state index in [0.717, 1.165) is 6.26 Å². The Morgan fingerprint density at radius 2 is 2.12 bits per heavy atom. The molecule has 0 aliphatic heterocycles. The van der Waals surface area contributed by atoms with Gasteiger partial charge in [-0.1, -0.05) is 6.07 Å². The lowest BCUT2D eigenvalue weighted by atomic mass is 10.2. The molecular formula is C10H13BrN2O3S. The van der Waals surface area contributed by atoms with Gasteiger partial charge in [0.2, 0.25) is 0 Å². The number of nitrogen functional groups attached to an aromatic ring is 1. The van der Waals surface area contributed by atoms with Crippen molar-refractivity contribution in [3.8, 4) is 0 Å². The molecule has 17 heavy (non-hydrogen) atoms. The van der Waals surface area contributed by atoms with Gasteiger partial charge in [-0.3, -0.25) is 4.79 Å². The van der Waals surface area contributed by atoms with Crippen molar-refractivity contribution in [2.24, 2.45) is 0 Å². The molecule has 0 spiro atoms. The smallest absolute Gasteiger partial charge is 0.252 e. The minimum absolute atomic E-state index is 0.0822. The summed E-state index contributed by atoms with van der Waals surface area (Å²) >= 11 is 3.21. The van der Waals surface area contributed by atoms with E-state index in [2.05, 4.69) is 21.2 Å². The molecular weight excluding hydrogens is 308 g/mol. The molecule has 3 N–H and O–H groups in total. The Labute approximate surface area is 108 Å². The van der Waals surface area contributed by atoms with Crippen molar-refractivity contribution in [1.29, 1.82) is 0 Å². The van der Waals surface area contributed by atoms with Crippen LogP contribution in [0.2, 0.25) is 0 Å². The average Bonchev–Trinajstić information content (AvgIpc) is 2.20. The first-order valence-electron chi connectivity index (χ1n) is 4.81. The van der Waals surface area contributed by atoms with Crippen LogP contribution in [-0.2, 0) is 9.84 Å². The number of hydrogen-bond donors (Lipinski definition) is 2. The van der Waals surface area contributed by atoms with E-state index >= 15 is 0 Å². The van der Waals surface area contributed by atoms with Crippen molar-refractivity contribution in [2.75, 3.05) is 24.3 Å². The standard InChI is InChI=1S/C10H13BrN2O3S/c1-17(15,16)6-5-13-10(14)7-3-2-4-8(12)9(7)11/h2-4H,5-6,12H2,1H3,(H,13,14). The number of hydrogen-bond acceptors (Lipinski definition) is 4. The monoisotopic (exact) mass is 320 g/mol. The summed E-state index contributed by atoms with van der Waals surface area (Å²) in [4.78, 5) is 11.7. The van der Waals surface area contributed by atoms with Crippen LogP contribution in [0.25, 0.3) is 0 Å². The highest BCUT2D eigenvalue weighted by molar-refractivity contribution is 9.10. The molecule has 0 aliphatic rings. The van der Waals surface area contributed by atoms with Crippen LogP contribution in [0.4, 0.5) is 5.69 Å². The van der Waals surface area contributed by atoms with Gasteiger partial charge in [-0.05, 0) is 28.1 Å². The molecule has 7 heteroatoms. The summed E-state index contributed by atoms with van der Waals surface area (Å²) < 4.78 is 22.3. The largest absolute Gasteiger partial charge is 0.398 e. The van der Waals surface area contributed by atoms with E-state index in [4.69, 9.17) is 5.73 Å². The molecule has 0 aliphatic carbocycles. The number of rotatable bonds is 4. The number of benzene rings is 1. The quantitative estimate of drug-likeness (QED) is 0.803. The second-order valence-corrected chi connectivity index (χ2v) is 6.65. The Balaban J connectivity index is 2.68. The van der Waals surface area contributed by atoms with Crippen LogP contribution in [0, 0.1) is 0 Å². The van der Waals surface area contributed by atoms with Crippen molar-refractivity contribution in [1.82, 2.24) is 5.32 Å². The Morgan fingerprint density at radius 1 is 1.47 bits per heavy atom. The summed E-state index contributed by atoms with van der Waals surface area (Å²) in [5.74, 6) is -0.439. The Bertz CT molecular complexity index is 528. The first-order chi connectivity index (χ1) is 7.81. The maximum atomic E-state index is 11.7. The molecule has 0 radical (unpaired) electrons. The van der Waals surface area contributed by atoms with Gasteiger partial charge in [-0.2, -0.15) is 0 Å². The number of amides is 1. The summed E-state index contributed by atoms with van der Waals surface area (Å²) in [6.07, 6.45) is 1.12. The summed E-state index contributed by atoms with van der Waals surface area (Å²) in [7, 11) is -3.07. The Morgan fingerprint density at radius 3 is 2.71 bits per heavy atom. The minimum atomic E-state index is -3.07. The number of nitrogens with one attached hydrogen (secondary N) is 1. The molecule has 0 aromatic heterocycles. The van der Waals surface area contributed by atoms with Crippen LogP contribution in [-0.4, -0.2) is 32.9 Å². The van der Waals surface area contributed by atoms with Gasteiger partial charge < -0.3 is 11.1 Å². The predicted octanol–water partition coefficient (Wildman–Crippen LogP) is 0.806. The molecule has 0 atom stereocenters. The fraction of sp³-hybridized carbons (Fsp3) is 0.300. The second-order valence-electron chi connectivity index (χ2n) is 3.59. The van der Waals surface area contributed by atoms with Gasteiger partial charge in [-0.25, -0.2) is 8.42 Å². The average molecular weight is 321 g/mol. The summed E-state index contributed by atoms with van der Waals surface area (Å²) in [6, 6.07) is 4.93. The van der Waals surface area contributed by atoms with E-state index in [9.17, 15) is 13.2 Å². The molecule has 0 unspecified atom stereocenters. The zero-order valence-electron chi connectivity index (χ0n) is 9.23. The van der Waals surface area contributed by atoms with Crippen molar-refractivity contribution in [3.05, 3.63) is 28.2 Å².